The Kier molecular flexibility index (Phi) is 3.29. The molecule has 2 aromatic rings. The van der Waals surface area contributed by atoms with Crippen LogP contribution in [0.4, 0.5) is 0 Å². The van der Waals surface area contributed by atoms with E-state index in [1.54, 1.807) is 22.0 Å². The monoisotopic (exact) mass is 290 g/mol. The van der Waals surface area contributed by atoms with Crippen LogP contribution in [0, 0.1) is 13.8 Å². The molecule has 0 bridgehead atoms. The second-order valence-corrected chi connectivity index (χ2v) is 5.67. The SMILES string of the molecule is Cc1cc(C)c(C(=O)N2CCC(O)(Cn3ccnn3)C2)o1. The lowest BCUT2D eigenvalue weighted by atomic mass is 10.0. The van der Waals surface area contributed by atoms with Crippen molar-refractivity contribution in [2.45, 2.75) is 32.4 Å². The average Bonchev–Trinajstić information content (AvgIpc) is 3.11. The van der Waals surface area contributed by atoms with Gasteiger partial charge in [-0.1, -0.05) is 5.21 Å². The maximum Gasteiger partial charge on any atom is 0.289 e. The number of likely N-dealkylation sites (tertiary alicyclic amines) is 1. The van der Waals surface area contributed by atoms with E-state index >= 15 is 0 Å². The summed E-state index contributed by atoms with van der Waals surface area (Å²) in [5.41, 5.74) is -0.150. The molecule has 0 saturated carbocycles. The fourth-order valence-corrected chi connectivity index (χ4v) is 2.77. The number of hydrogen-bond acceptors (Lipinski definition) is 5. The van der Waals surface area contributed by atoms with Crippen molar-refractivity contribution in [3.8, 4) is 0 Å². The van der Waals surface area contributed by atoms with Crippen LogP contribution in [0.2, 0.25) is 0 Å². The maximum atomic E-state index is 12.5. The minimum absolute atomic E-state index is 0.171. The number of nitrogens with zero attached hydrogens (tertiary/aromatic N) is 4. The second kappa shape index (κ2) is 5.00. The number of carbonyl (C=O) groups excluding carboxylic acids is 1. The zero-order valence-corrected chi connectivity index (χ0v) is 12.1. The number of aromatic nitrogens is 3. The normalized spacial score (nSPS) is 22.0. The first-order valence-electron chi connectivity index (χ1n) is 6.90. The number of aliphatic hydroxyl groups is 1. The molecule has 1 amide bonds. The van der Waals surface area contributed by atoms with Gasteiger partial charge in [-0.05, 0) is 26.3 Å². The third-order valence-electron chi connectivity index (χ3n) is 3.78. The summed E-state index contributed by atoms with van der Waals surface area (Å²) in [6, 6.07) is 1.84. The fourth-order valence-electron chi connectivity index (χ4n) is 2.77. The maximum absolute atomic E-state index is 12.5. The van der Waals surface area contributed by atoms with Crippen LogP contribution in [0.25, 0.3) is 0 Å². The van der Waals surface area contributed by atoms with Gasteiger partial charge in [0, 0.05) is 18.3 Å². The molecule has 1 atom stereocenters. The largest absolute Gasteiger partial charge is 0.456 e. The molecule has 21 heavy (non-hydrogen) atoms. The number of furan rings is 1. The molecule has 2 aromatic heterocycles. The Bertz CT molecular complexity index is 649. The third kappa shape index (κ3) is 2.69. The van der Waals surface area contributed by atoms with Crippen molar-refractivity contribution in [2.24, 2.45) is 0 Å². The summed E-state index contributed by atoms with van der Waals surface area (Å²) >= 11 is 0. The van der Waals surface area contributed by atoms with E-state index in [1.165, 1.54) is 0 Å². The van der Waals surface area contributed by atoms with Crippen LogP contribution in [0.3, 0.4) is 0 Å². The molecule has 7 nitrogen and oxygen atoms in total. The minimum atomic E-state index is -0.973. The molecule has 0 aromatic carbocycles. The van der Waals surface area contributed by atoms with Crippen molar-refractivity contribution < 1.29 is 14.3 Å². The molecule has 112 valence electrons. The second-order valence-electron chi connectivity index (χ2n) is 5.67. The summed E-state index contributed by atoms with van der Waals surface area (Å²) in [4.78, 5) is 14.1. The summed E-state index contributed by atoms with van der Waals surface area (Å²) in [7, 11) is 0. The standard InChI is InChI=1S/C14H18N4O3/c1-10-7-11(2)21-12(10)13(19)17-5-3-14(20,8-17)9-18-6-4-15-16-18/h4,6-7,20H,3,5,8-9H2,1-2H3. The highest BCUT2D eigenvalue weighted by Gasteiger charge is 2.40. The Hall–Kier alpha value is -2.15. The van der Waals surface area contributed by atoms with Gasteiger partial charge in [-0.3, -0.25) is 4.79 Å². The van der Waals surface area contributed by atoms with Crippen LogP contribution in [0.5, 0.6) is 0 Å². The molecule has 1 N–H and O–H groups in total. The molecule has 3 rings (SSSR count). The predicted molar refractivity (Wildman–Crippen MR) is 73.7 cm³/mol. The van der Waals surface area contributed by atoms with Gasteiger partial charge in [-0.15, -0.1) is 5.10 Å². The molecule has 1 aliphatic rings. The van der Waals surface area contributed by atoms with E-state index in [-0.39, 0.29) is 12.5 Å². The Labute approximate surface area is 122 Å². The van der Waals surface area contributed by atoms with Gasteiger partial charge in [-0.25, -0.2) is 4.68 Å². The Morgan fingerprint density at radius 3 is 2.95 bits per heavy atom. The van der Waals surface area contributed by atoms with Gasteiger partial charge in [-0.2, -0.15) is 0 Å². The van der Waals surface area contributed by atoms with Crippen LogP contribution in [0.15, 0.2) is 22.9 Å². The Balaban J connectivity index is 1.71. The van der Waals surface area contributed by atoms with Crippen molar-refractivity contribution in [1.82, 2.24) is 19.9 Å². The molecule has 1 unspecified atom stereocenters. The predicted octanol–water partition coefficient (Wildman–Crippen LogP) is 0.765. The summed E-state index contributed by atoms with van der Waals surface area (Å²) < 4.78 is 7.04. The van der Waals surface area contributed by atoms with Gasteiger partial charge >= 0.3 is 0 Å². The molecule has 0 radical (unpaired) electrons. The van der Waals surface area contributed by atoms with Crippen molar-refractivity contribution in [3.05, 3.63) is 35.5 Å². The van der Waals surface area contributed by atoms with Crippen LogP contribution >= 0.6 is 0 Å². The average molecular weight is 290 g/mol. The van der Waals surface area contributed by atoms with E-state index in [4.69, 9.17) is 4.42 Å². The number of amides is 1. The van der Waals surface area contributed by atoms with Crippen LogP contribution in [-0.4, -0.2) is 49.6 Å². The number of β-amino-alcohol motifs (C(OH)–C–C–N with tert-alkyl or cyclic N) is 1. The first kappa shape index (κ1) is 13.8. The van der Waals surface area contributed by atoms with Crippen molar-refractivity contribution in [1.29, 1.82) is 0 Å². The lowest BCUT2D eigenvalue weighted by molar-refractivity contribution is 0.0260. The Morgan fingerprint density at radius 1 is 1.52 bits per heavy atom. The van der Waals surface area contributed by atoms with Crippen LogP contribution < -0.4 is 0 Å². The van der Waals surface area contributed by atoms with Gasteiger partial charge in [0.05, 0.1) is 19.3 Å². The van der Waals surface area contributed by atoms with Crippen molar-refractivity contribution >= 4 is 5.91 Å². The highest BCUT2D eigenvalue weighted by atomic mass is 16.4. The first-order valence-corrected chi connectivity index (χ1v) is 6.90. The van der Waals surface area contributed by atoms with Gasteiger partial charge in [0.1, 0.15) is 11.4 Å². The third-order valence-corrected chi connectivity index (χ3v) is 3.78. The number of hydrogen-bond donors (Lipinski definition) is 1. The summed E-state index contributed by atoms with van der Waals surface area (Å²) in [5.74, 6) is 0.903. The topological polar surface area (TPSA) is 84.4 Å². The molecular formula is C14H18N4O3. The lowest BCUT2D eigenvalue weighted by Gasteiger charge is -2.22. The molecule has 0 aliphatic carbocycles. The zero-order chi connectivity index (χ0) is 15.0. The van der Waals surface area contributed by atoms with Crippen molar-refractivity contribution in [3.63, 3.8) is 0 Å². The molecule has 0 spiro atoms. The number of rotatable bonds is 3. The summed E-state index contributed by atoms with van der Waals surface area (Å²) in [6.07, 6.45) is 3.77. The minimum Gasteiger partial charge on any atom is -0.456 e. The molecule has 1 aliphatic heterocycles. The van der Waals surface area contributed by atoms with Gasteiger partial charge < -0.3 is 14.4 Å². The van der Waals surface area contributed by atoms with Crippen LogP contribution in [-0.2, 0) is 6.54 Å². The highest BCUT2D eigenvalue weighted by Crippen LogP contribution is 2.26. The summed E-state index contributed by atoms with van der Waals surface area (Å²) in [6.45, 7) is 4.76. The van der Waals surface area contributed by atoms with E-state index < -0.39 is 5.60 Å². The molecule has 1 fully saturated rings. The molecule has 1 saturated heterocycles. The zero-order valence-electron chi connectivity index (χ0n) is 12.1. The number of aryl methyl sites for hydroxylation is 2. The Morgan fingerprint density at radius 2 is 2.33 bits per heavy atom. The lowest BCUT2D eigenvalue weighted by Crippen LogP contribution is -2.39. The van der Waals surface area contributed by atoms with E-state index in [0.29, 0.717) is 31.0 Å². The van der Waals surface area contributed by atoms with Gasteiger partial charge in [0.25, 0.3) is 5.91 Å². The molecule has 3 heterocycles. The number of carbonyl (C=O) groups is 1. The van der Waals surface area contributed by atoms with Crippen molar-refractivity contribution in [2.75, 3.05) is 13.1 Å². The molecular weight excluding hydrogens is 272 g/mol. The summed E-state index contributed by atoms with van der Waals surface area (Å²) in [5, 5.41) is 18.2. The smallest absolute Gasteiger partial charge is 0.289 e. The fraction of sp³-hybridized carbons (Fsp3) is 0.500. The molecule has 7 heteroatoms. The van der Waals surface area contributed by atoms with Gasteiger partial charge in [0.2, 0.25) is 0 Å². The first-order chi connectivity index (χ1) is 9.97. The van der Waals surface area contributed by atoms with Crippen LogP contribution in [0.1, 0.15) is 28.3 Å². The van der Waals surface area contributed by atoms with Gasteiger partial charge in [0.15, 0.2) is 5.76 Å². The van der Waals surface area contributed by atoms with E-state index in [1.807, 2.05) is 19.9 Å². The quantitative estimate of drug-likeness (QED) is 0.902. The van der Waals surface area contributed by atoms with E-state index in [2.05, 4.69) is 10.3 Å². The highest BCUT2D eigenvalue weighted by molar-refractivity contribution is 5.93. The van der Waals surface area contributed by atoms with E-state index in [0.717, 1.165) is 5.56 Å². The van der Waals surface area contributed by atoms with E-state index in [9.17, 15) is 9.90 Å².